The molecule has 3 nitrogen and oxygen atoms in total. The number of hydrogen-bond acceptors (Lipinski definition) is 2. The highest BCUT2D eigenvalue weighted by Gasteiger charge is 2.16. The van der Waals surface area contributed by atoms with Crippen LogP contribution in [-0.2, 0) is 6.54 Å². The Morgan fingerprint density at radius 3 is 2.35 bits per heavy atom. The minimum Gasteiger partial charge on any atom is -0.326 e. The van der Waals surface area contributed by atoms with Gasteiger partial charge in [-0.3, -0.25) is 4.79 Å². The highest BCUT2D eigenvalue weighted by atomic mass is 16.2. The first-order chi connectivity index (χ1) is 9.54. The average Bonchev–Trinajstić information content (AvgIpc) is 2.48. The predicted molar refractivity (Wildman–Crippen MR) is 83.0 cm³/mol. The molecule has 0 spiro atoms. The van der Waals surface area contributed by atoms with Crippen LogP contribution >= 0.6 is 0 Å². The number of benzene rings is 2. The van der Waals surface area contributed by atoms with Gasteiger partial charge >= 0.3 is 0 Å². The Labute approximate surface area is 120 Å². The van der Waals surface area contributed by atoms with Crippen molar-refractivity contribution < 1.29 is 4.79 Å². The Hall–Kier alpha value is -2.13. The zero-order valence-electron chi connectivity index (χ0n) is 12.2. The summed E-state index contributed by atoms with van der Waals surface area (Å²) in [6.07, 6.45) is 0. The van der Waals surface area contributed by atoms with E-state index in [1.54, 1.807) is 11.9 Å². The van der Waals surface area contributed by atoms with Gasteiger partial charge in [0, 0.05) is 24.8 Å². The maximum absolute atomic E-state index is 12.6. The molecule has 0 atom stereocenters. The molecule has 1 amide bonds. The summed E-state index contributed by atoms with van der Waals surface area (Å²) < 4.78 is 0. The second-order valence-corrected chi connectivity index (χ2v) is 4.98. The summed E-state index contributed by atoms with van der Waals surface area (Å²) in [5.74, 6) is 0.00620. The van der Waals surface area contributed by atoms with Crippen molar-refractivity contribution in [2.75, 3.05) is 11.9 Å². The molecule has 0 fully saturated rings. The number of amides is 1. The van der Waals surface area contributed by atoms with Gasteiger partial charge in [0.05, 0.1) is 0 Å². The van der Waals surface area contributed by atoms with Gasteiger partial charge in [-0.15, -0.1) is 0 Å². The highest BCUT2D eigenvalue weighted by molar-refractivity contribution is 6.06. The van der Waals surface area contributed by atoms with Crippen LogP contribution in [0.5, 0.6) is 0 Å². The molecule has 20 heavy (non-hydrogen) atoms. The smallest absolute Gasteiger partial charge is 0.258 e. The maximum Gasteiger partial charge on any atom is 0.258 e. The molecule has 0 heterocycles. The van der Waals surface area contributed by atoms with Gasteiger partial charge in [0.2, 0.25) is 0 Å². The molecule has 0 aliphatic heterocycles. The second-order valence-electron chi connectivity index (χ2n) is 4.98. The molecular weight excluding hydrogens is 248 g/mol. The van der Waals surface area contributed by atoms with Crippen molar-refractivity contribution in [2.45, 2.75) is 20.4 Å². The van der Waals surface area contributed by atoms with E-state index in [0.717, 1.165) is 27.9 Å². The Bertz CT molecular complexity index is 617. The average molecular weight is 268 g/mol. The predicted octanol–water partition coefficient (Wildman–Crippen LogP) is 3.04. The molecule has 0 saturated carbocycles. The maximum atomic E-state index is 12.6. The van der Waals surface area contributed by atoms with Gasteiger partial charge in [-0.2, -0.15) is 0 Å². The van der Waals surface area contributed by atoms with E-state index in [9.17, 15) is 4.79 Å². The van der Waals surface area contributed by atoms with E-state index in [4.69, 9.17) is 5.73 Å². The molecule has 2 aromatic rings. The van der Waals surface area contributed by atoms with Crippen molar-refractivity contribution in [2.24, 2.45) is 5.73 Å². The second kappa shape index (κ2) is 5.88. The van der Waals surface area contributed by atoms with Crippen LogP contribution in [0.15, 0.2) is 42.5 Å². The molecule has 104 valence electrons. The van der Waals surface area contributed by atoms with Gasteiger partial charge in [0.25, 0.3) is 5.91 Å². The van der Waals surface area contributed by atoms with Gasteiger partial charge in [0.15, 0.2) is 0 Å². The van der Waals surface area contributed by atoms with Crippen molar-refractivity contribution in [3.63, 3.8) is 0 Å². The van der Waals surface area contributed by atoms with E-state index in [2.05, 4.69) is 0 Å². The number of aryl methyl sites for hydroxylation is 1. The van der Waals surface area contributed by atoms with Crippen LogP contribution < -0.4 is 10.6 Å². The number of anilines is 1. The zero-order valence-corrected chi connectivity index (χ0v) is 12.2. The Balaban J connectivity index is 2.29. The number of hydrogen-bond donors (Lipinski definition) is 1. The van der Waals surface area contributed by atoms with Crippen LogP contribution in [0.3, 0.4) is 0 Å². The minimum atomic E-state index is 0.00620. The number of nitrogens with two attached hydrogens (primary N) is 1. The molecule has 2 rings (SSSR count). The molecule has 0 radical (unpaired) electrons. The Morgan fingerprint density at radius 2 is 1.75 bits per heavy atom. The van der Waals surface area contributed by atoms with Gasteiger partial charge < -0.3 is 10.6 Å². The first-order valence-corrected chi connectivity index (χ1v) is 6.68. The number of carbonyl (C=O) groups excluding carboxylic acids is 1. The zero-order chi connectivity index (χ0) is 14.7. The molecule has 0 saturated heterocycles. The third-order valence-corrected chi connectivity index (χ3v) is 3.70. The third-order valence-electron chi connectivity index (χ3n) is 3.70. The normalized spacial score (nSPS) is 10.4. The number of nitrogens with zero attached hydrogens (tertiary/aromatic N) is 1. The standard InChI is InChI=1S/C17H20N2O/c1-12-5-4-6-16(13(12)2)17(20)19(3)15-9-7-14(11-18)8-10-15/h4-10H,11,18H2,1-3H3. The lowest BCUT2D eigenvalue weighted by atomic mass is 10.0. The van der Waals surface area contributed by atoms with Crippen LogP contribution in [0.25, 0.3) is 0 Å². The van der Waals surface area contributed by atoms with E-state index < -0.39 is 0 Å². The molecular formula is C17H20N2O. The van der Waals surface area contributed by atoms with Crippen LogP contribution in [0.4, 0.5) is 5.69 Å². The summed E-state index contributed by atoms with van der Waals surface area (Å²) in [6, 6.07) is 13.5. The molecule has 0 aromatic heterocycles. The Kier molecular flexibility index (Phi) is 4.20. The Morgan fingerprint density at radius 1 is 1.10 bits per heavy atom. The fourth-order valence-electron chi connectivity index (χ4n) is 2.14. The minimum absolute atomic E-state index is 0.00620. The fourth-order valence-corrected chi connectivity index (χ4v) is 2.14. The van der Waals surface area contributed by atoms with Crippen molar-refractivity contribution in [1.82, 2.24) is 0 Å². The van der Waals surface area contributed by atoms with Crippen LogP contribution in [0.1, 0.15) is 27.0 Å². The molecule has 3 heteroatoms. The van der Waals surface area contributed by atoms with Crippen LogP contribution in [0, 0.1) is 13.8 Å². The molecule has 0 aliphatic rings. The lowest BCUT2D eigenvalue weighted by molar-refractivity contribution is 0.0992. The topological polar surface area (TPSA) is 46.3 Å². The first kappa shape index (κ1) is 14.3. The van der Waals surface area contributed by atoms with Gasteiger partial charge in [0.1, 0.15) is 0 Å². The van der Waals surface area contributed by atoms with E-state index >= 15 is 0 Å². The summed E-state index contributed by atoms with van der Waals surface area (Å²) in [6.45, 7) is 4.50. The summed E-state index contributed by atoms with van der Waals surface area (Å²) in [5.41, 5.74) is 10.4. The van der Waals surface area contributed by atoms with Gasteiger partial charge in [-0.1, -0.05) is 24.3 Å². The molecule has 0 bridgehead atoms. The number of rotatable bonds is 3. The molecule has 0 unspecified atom stereocenters. The van der Waals surface area contributed by atoms with E-state index in [0.29, 0.717) is 6.54 Å². The van der Waals surface area contributed by atoms with Gasteiger partial charge in [-0.25, -0.2) is 0 Å². The quantitative estimate of drug-likeness (QED) is 0.930. The molecule has 2 N–H and O–H groups in total. The summed E-state index contributed by atoms with van der Waals surface area (Å²) >= 11 is 0. The van der Waals surface area contributed by atoms with E-state index in [1.165, 1.54) is 0 Å². The SMILES string of the molecule is Cc1cccc(C(=O)N(C)c2ccc(CN)cc2)c1C. The summed E-state index contributed by atoms with van der Waals surface area (Å²) in [4.78, 5) is 14.2. The molecule has 0 aliphatic carbocycles. The first-order valence-electron chi connectivity index (χ1n) is 6.68. The lowest BCUT2D eigenvalue weighted by Crippen LogP contribution is -2.27. The largest absolute Gasteiger partial charge is 0.326 e. The van der Waals surface area contributed by atoms with Crippen LogP contribution in [0.2, 0.25) is 0 Å². The van der Waals surface area contributed by atoms with Crippen molar-refractivity contribution in [1.29, 1.82) is 0 Å². The van der Waals surface area contributed by atoms with Crippen LogP contribution in [-0.4, -0.2) is 13.0 Å². The van der Waals surface area contributed by atoms with Crippen molar-refractivity contribution in [3.8, 4) is 0 Å². The summed E-state index contributed by atoms with van der Waals surface area (Å²) in [7, 11) is 1.79. The molecule has 2 aromatic carbocycles. The van der Waals surface area contributed by atoms with E-state index in [-0.39, 0.29) is 5.91 Å². The third kappa shape index (κ3) is 2.73. The number of carbonyl (C=O) groups is 1. The van der Waals surface area contributed by atoms with E-state index in [1.807, 2.05) is 56.3 Å². The highest BCUT2D eigenvalue weighted by Crippen LogP contribution is 2.19. The van der Waals surface area contributed by atoms with Crippen molar-refractivity contribution in [3.05, 3.63) is 64.7 Å². The summed E-state index contributed by atoms with van der Waals surface area (Å²) in [5, 5.41) is 0. The monoisotopic (exact) mass is 268 g/mol. The van der Waals surface area contributed by atoms with Crippen molar-refractivity contribution >= 4 is 11.6 Å². The van der Waals surface area contributed by atoms with Gasteiger partial charge in [-0.05, 0) is 48.7 Å². The lowest BCUT2D eigenvalue weighted by Gasteiger charge is -2.19. The fraction of sp³-hybridized carbons (Fsp3) is 0.235.